The number of nitrogens with two attached hydrogens (primary N) is 1. The molecule has 2 aliphatic rings. The maximum absolute atomic E-state index is 12.0. The van der Waals surface area contributed by atoms with Gasteiger partial charge in [-0.2, -0.15) is 0 Å². The largest absolute Gasteiger partial charge is 0.381 e. The zero-order valence-corrected chi connectivity index (χ0v) is 10.4. The minimum Gasteiger partial charge on any atom is -0.381 e. The van der Waals surface area contributed by atoms with Crippen LogP contribution in [0.15, 0.2) is 12.2 Å². The molecule has 4 nitrogen and oxygen atoms in total. The van der Waals surface area contributed by atoms with Crippen LogP contribution in [-0.4, -0.2) is 31.2 Å². The van der Waals surface area contributed by atoms with E-state index in [4.69, 9.17) is 10.5 Å². The summed E-state index contributed by atoms with van der Waals surface area (Å²) < 4.78 is 5.33. The fourth-order valence-electron chi connectivity index (χ4n) is 2.59. The molecule has 1 saturated heterocycles. The summed E-state index contributed by atoms with van der Waals surface area (Å²) in [4.78, 5) is 12.0. The van der Waals surface area contributed by atoms with E-state index in [1.54, 1.807) is 0 Å². The van der Waals surface area contributed by atoms with Crippen LogP contribution in [0, 0.1) is 11.8 Å². The van der Waals surface area contributed by atoms with Crippen molar-refractivity contribution in [2.24, 2.45) is 17.6 Å². The number of carbonyl (C=O) groups is 1. The number of amides is 1. The van der Waals surface area contributed by atoms with Crippen molar-refractivity contribution >= 4 is 5.91 Å². The summed E-state index contributed by atoms with van der Waals surface area (Å²) in [5.74, 6) is 0.632. The molecule has 4 heteroatoms. The summed E-state index contributed by atoms with van der Waals surface area (Å²) in [5, 5.41) is 3.11. The van der Waals surface area contributed by atoms with Crippen molar-refractivity contribution in [2.75, 3.05) is 13.2 Å². The van der Waals surface area contributed by atoms with Crippen molar-refractivity contribution in [3.63, 3.8) is 0 Å². The summed E-state index contributed by atoms with van der Waals surface area (Å²) in [7, 11) is 0. The van der Waals surface area contributed by atoms with E-state index in [9.17, 15) is 4.79 Å². The van der Waals surface area contributed by atoms with E-state index in [0.717, 1.165) is 32.5 Å². The predicted octanol–water partition coefficient (Wildman–Crippen LogP) is 0.821. The first-order valence-corrected chi connectivity index (χ1v) is 6.49. The van der Waals surface area contributed by atoms with Crippen LogP contribution in [-0.2, 0) is 9.53 Å². The Morgan fingerprint density at radius 3 is 2.71 bits per heavy atom. The molecule has 0 saturated carbocycles. The van der Waals surface area contributed by atoms with E-state index in [1.165, 1.54) is 0 Å². The lowest BCUT2D eigenvalue weighted by Crippen LogP contribution is -2.42. The molecule has 1 aliphatic carbocycles. The minimum absolute atomic E-state index is 0.0349. The van der Waals surface area contributed by atoms with Crippen LogP contribution < -0.4 is 11.1 Å². The number of rotatable bonds is 3. The lowest BCUT2D eigenvalue weighted by Gasteiger charge is -2.29. The SMILES string of the molecule is CC(NC(=O)C1C=CC(N)C1)C1CCOCC1. The Bertz CT molecular complexity index is 298. The molecule has 0 aromatic heterocycles. The molecule has 0 spiro atoms. The molecule has 1 heterocycles. The highest BCUT2D eigenvalue weighted by Gasteiger charge is 2.26. The van der Waals surface area contributed by atoms with Crippen LogP contribution in [0.4, 0.5) is 0 Å². The second-order valence-corrected chi connectivity index (χ2v) is 5.14. The Kier molecular flexibility index (Phi) is 4.18. The number of ether oxygens (including phenoxy) is 1. The van der Waals surface area contributed by atoms with E-state index in [2.05, 4.69) is 12.2 Å². The number of nitrogens with one attached hydrogen (secondary N) is 1. The molecule has 0 aromatic carbocycles. The Labute approximate surface area is 103 Å². The van der Waals surface area contributed by atoms with Crippen LogP contribution in [0.3, 0.4) is 0 Å². The molecule has 2 rings (SSSR count). The fraction of sp³-hybridized carbons (Fsp3) is 0.769. The smallest absolute Gasteiger partial charge is 0.227 e. The van der Waals surface area contributed by atoms with Gasteiger partial charge in [-0.15, -0.1) is 0 Å². The first kappa shape index (κ1) is 12.6. The Morgan fingerprint density at radius 1 is 1.41 bits per heavy atom. The van der Waals surface area contributed by atoms with Gasteiger partial charge in [-0.3, -0.25) is 4.79 Å². The lowest BCUT2D eigenvalue weighted by atomic mass is 9.92. The van der Waals surface area contributed by atoms with Gasteiger partial charge in [0, 0.05) is 25.3 Å². The lowest BCUT2D eigenvalue weighted by molar-refractivity contribution is -0.124. The molecule has 96 valence electrons. The first-order chi connectivity index (χ1) is 8.16. The van der Waals surface area contributed by atoms with Crippen molar-refractivity contribution < 1.29 is 9.53 Å². The monoisotopic (exact) mass is 238 g/mol. The van der Waals surface area contributed by atoms with Gasteiger partial charge in [-0.05, 0) is 32.1 Å². The van der Waals surface area contributed by atoms with Gasteiger partial charge < -0.3 is 15.8 Å². The molecule has 3 unspecified atom stereocenters. The maximum Gasteiger partial charge on any atom is 0.227 e. The maximum atomic E-state index is 12.0. The predicted molar refractivity (Wildman–Crippen MR) is 66.4 cm³/mol. The molecule has 3 atom stereocenters. The van der Waals surface area contributed by atoms with Crippen LogP contribution >= 0.6 is 0 Å². The van der Waals surface area contributed by atoms with Crippen molar-refractivity contribution in [3.8, 4) is 0 Å². The molecule has 1 amide bonds. The molecule has 17 heavy (non-hydrogen) atoms. The summed E-state index contributed by atoms with van der Waals surface area (Å²) in [5.41, 5.74) is 5.75. The molecule has 0 radical (unpaired) electrons. The van der Waals surface area contributed by atoms with Gasteiger partial charge in [0.05, 0.1) is 5.92 Å². The van der Waals surface area contributed by atoms with Crippen LogP contribution in [0.5, 0.6) is 0 Å². The minimum atomic E-state index is -0.0349. The van der Waals surface area contributed by atoms with Gasteiger partial charge in [0.2, 0.25) is 5.91 Å². The summed E-state index contributed by atoms with van der Waals surface area (Å²) in [6.45, 7) is 3.73. The Morgan fingerprint density at radius 2 is 2.12 bits per heavy atom. The number of hydrogen-bond acceptors (Lipinski definition) is 3. The van der Waals surface area contributed by atoms with E-state index in [0.29, 0.717) is 5.92 Å². The van der Waals surface area contributed by atoms with Gasteiger partial charge in [-0.1, -0.05) is 12.2 Å². The zero-order chi connectivity index (χ0) is 12.3. The Hall–Kier alpha value is -0.870. The third-order valence-corrected chi connectivity index (χ3v) is 3.80. The van der Waals surface area contributed by atoms with Gasteiger partial charge in [0.15, 0.2) is 0 Å². The van der Waals surface area contributed by atoms with Gasteiger partial charge in [-0.25, -0.2) is 0 Å². The van der Waals surface area contributed by atoms with Crippen molar-refractivity contribution in [1.29, 1.82) is 0 Å². The van der Waals surface area contributed by atoms with Gasteiger partial charge in [0.25, 0.3) is 0 Å². The highest BCUT2D eigenvalue weighted by atomic mass is 16.5. The number of hydrogen-bond donors (Lipinski definition) is 2. The summed E-state index contributed by atoms with van der Waals surface area (Å²) >= 11 is 0. The second kappa shape index (κ2) is 5.65. The fourth-order valence-corrected chi connectivity index (χ4v) is 2.59. The zero-order valence-electron chi connectivity index (χ0n) is 10.4. The standard InChI is InChI=1S/C13H22N2O2/c1-9(10-4-6-17-7-5-10)15-13(16)11-2-3-12(14)8-11/h2-3,9-12H,4-8,14H2,1H3,(H,15,16). The summed E-state index contributed by atoms with van der Waals surface area (Å²) in [6, 6.07) is 0.278. The van der Waals surface area contributed by atoms with Crippen LogP contribution in [0.2, 0.25) is 0 Å². The van der Waals surface area contributed by atoms with Crippen molar-refractivity contribution in [3.05, 3.63) is 12.2 Å². The average molecular weight is 238 g/mol. The molecular weight excluding hydrogens is 216 g/mol. The molecule has 1 aliphatic heterocycles. The van der Waals surface area contributed by atoms with E-state index in [-0.39, 0.29) is 23.9 Å². The third-order valence-electron chi connectivity index (χ3n) is 3.80. The van der Waals surface area contributed by atoms with E-state index < -0.39 is 0 Å². The topological polar surface area (TPSA) is 64.4 Å². The first-order valence-electron chi connectivity index (χ1n) is 6.49. The van der Waals surface area contributed by atoms with Crippen LogP contribution in [0.1, 0.15) is 26.2 Å². The number of carbonyl (C=O) groups excluding carboxylic acids is 1. The molecule has 0 bridgehead atoms. The van der Waals surface area contributed by atoms with E-state index in [1.807, 2.05) is 12.2 Å². The normalized spacial score (nSPS) is 31.4. The van der Waals surface area contributed by atoms with Crippen LogP contribution in [0.25, 0.3) is 0 Å². The van der Waals surface area contributed by atoms with Crippen molar-refractivity contribution in [1.82, 2.24) is 5.32 Å². The van der Waals surface area contributed by atoms with Gasteiger partial charge in [0.1, 0.15) is 0 Å². The third kappa shape index (κ3) is 3.30. The van der Waals surface area contributed by atoms with Crippen molar-refractivity contribution in [2.45, 2.75) is 38.3 Å². The average Bonchev–Trinajstić information content (AvgIpc) is 2.77. The molecule has 0 aromatic rings. The summed E-state index contributed by atoms with van der Waals surface area (Å²) in [6.07, 6.45) is 6.68. The van der Waals surface area contributed by atoms with E-state index >= 15 is 0 Å². The Balaban J connectivity index is 1.79. The van der Waals surface area contributed by atoms with Gasteiger partial charge >= 0.3 is 0 Å². The second-order valence-electron chi connectivity index (χ2n) is 5.14. The quantitative estimate of drug-likeness (QED) is 0.716. The molecule has 3 N–H and O–H groups in total. The molecule has 1 fully saturated rings. The highest BCUT2D eigenvalue weighted by Crippen LogP contribution is 2.21. The molecular formula is C13H22N2O2. The highest BCUT2D eigenvalue weighted by molar-refractivity contribution is 5.81.